The lowest BCUT2D eigenvalue weighted by molar-refractivity contribution is 0.0653. The molecule has 2 rings (SSSR count). The molecule has 0 radical (unpaired) electrons. The summed E-state index contributed by atoms with van der Waals surface area (Å²) in [6.07, 6.45) is 0. The highest BCUT2D eigenvalue weighted by Gasteiger charge is 2.22. The topological polar surface area (TPSA) is 82.2 Å². The van der Waals surface area contributed by atoms with E-state index in [4.69, 9.17) is 22.5 Å². The summed E-state index contributed by atoms with van der Waals surface area (Å²) in [6.45, 7) is 4.95. The van der Waals surface area contributed by atoms with Gasteiger partial charge < -0.3 is 15.8 Å². The average molecular weight is 311 g/mol. The summed E-state index contributed by atoms with van der Waals surface area (Å²) in [4.78, 5) is 16.3. The molecule has 0 unspecified atom stereocenters. The maximum atomic E-state index is 12.4. The zero-order chi connectivity index (χ0) is 15.4. The highest BCUT2D eigenvalue weighted by Crippen LogP contribution is 2.17. The fourth-order valence-corrected chi connectivity index (χ4v) is 2.70. The van der Waals surface area contributed by atoms with E-state index in [0.717, 1.165) is 5.56 Å². The second-order valence-corrected chi connectivity index (χ2v) is 5.61. The van der Waals surface area contributed by atoms with Crippen molar-refractivity contribution in [1.29, 1.82) is 0 Å². The molecule has 114 valence electrons. The average Bonchev–Trinajstić information content (AvgIpc) is 2.46. The minimum absolute atomic E-state index is 0.0101. The third-order valence-corrected chi connectivity index (χ3v) is 3.68. The second-order valence-electron chi connectivity index (χ2n) is 5.18. The van der Waals surface area contributed by atoms with Crippen LogP contribution in [0.15, 0.2) is 23.4 Å². The van der Waals surface area contributed by atoms with E-state index in [9.17, 15) is 4.79 Å². The van der Waals surface area contributed by atoms with Crippen molar-refractivity contribution in [3.8, 4) is 0 Å². The summed E-state index contributed by atoms with van der Waals surface area (Å²) in [6, 6.07) is 5.37. The van der Waals surface area contributed by atoms with Crippen molar-refractivity contribution in [2.75, 3.05) is 32.7 Å². The Bertz CT molecular complexity index is 534. The first-order valence-electron chi connectivity index (χ1n) is 6.75. The normalized spacial score (nSPS) is 17.0. The lowest BCUT2D eigenvalue weighted by atomic mass is 10.1. The van der Waals surface area contributed by atoms with Crippen LogP contribution in [0.3, 0.4) is 0 Å². The largest absolute Gasteiger partial charge is 0.409 e. The molecule has 1 amide bonds. The van der Waals surface area contributed by atoms with E-state index in [1.54, 1.807) is 11.0 Å². The number of oxime groups is 1. The van der Waals surface area contributed by atoms with Crippen LogP contribution in [0.5, 0.6) is 0 Å². The number of hydrogen-bond acceptors (Lipinski definition) is 4. The van der Waals surface area contributed by atoms with Crippen LogP contribution in [-0.2, 0) is 0 Å². The van der Waals surface area contributed by atoms with Gasteiger partial charge in [0, 0.05) is 36.8 Å². The first-order valence-corrected chi connectivity index (χ1v) is 7.12. The molecule has 0 aliphatic carbocycles. The van der Waals surface area contributed by atoms with Gasteiger partial charge in [-0.3, -0.25) is 9.69 Å². The zero-order valence-electron chi connectivity index (χ0n) is 11.9. The molecule has 3 N–H and O–H groups in total. The molecule has 0 spiro atoms. The summed E-state index contributed by atoms with van der Waals surface area (Å²) in [5, 5.41) is 12.1. The Labute approximate surface area is 128 Å². The van der Waals surface area contributed by atoms with Gasteiger partial charge in [0.1, 0.15) is 0 Å². The Morgan fingerprint density at radius 3 is 2.57 bits per heavy atom. The van der Waals surface area contributed by atoms with E-state index in [1.165, 1.54) is 0 Å². The van der Waals surface area contributed by atoms with E-state index in [-0.39, 0.29) is 11.7 Å². The number of rotatable bonds is 3. The molecule has 0 saturated carbocycles. The maximum Gasteiger partial charge on any atom is 0.254 e. The monoisotopic (exact) mass is 310 g/mol. The lowest BCUT2D eigenvalue weighted by Gasteiger charge is -2.34. The van der Waals surface area contributed by atoms with Crippen molar-refractivity contribution >= 4 is 23.3 Å². The number of nitrogens with two attached hydrogens (primary N) is 1. The molecule has 0 aromatic heterocycles. The fraction of sp³-hybridized carbons (Fsp3) is 0.429. The van der Waals surface area contributed by atoms with Crippen LogP contribution < -0.4 is 5.73 Å². The Morgan fingerprint density at radius 2 is 2.00 bits per heavy atom. The number of hydrogen-bond donors (Lipinski definition) is 2. The van der Waals surface area contributed by atoms with Crippen molar-refractivity contribution < 1.29 is 10.0 Å². The number of carbonyl (C=O) groups is 1. The molecular weight excluding hydrogens is 292 g/mol. The smallest absolute Gasteiger partial charge is 0.254 e. The van der Waals surface area contributed by atoms with Gasteiger partial charge in [0.2, 0.25) is 0 Å². The molecule has 21 heavy (non-hydrogen) atoms. The van der Waals surface area contributed by atoms with E-state index in [0.29, 0.717) is 43.3 Å². The fourth-order valence-electron chi connectivity index (χ4n) is 2.41. The van der Waals surface area contributed by atoms with Crippen LogP contribution in [0, 0.1) is 6.92 Å². The molecule has 7 heteroatoms. The van der Waals surface area contributed by atoms with Crippen molar-refractivity contribution in [1.82, 2.24) is 9.80 Å². The highest BCUT2D eigenvalue weighted by atomic mass is 35.5. The SMILES string of the molecule is Cc1cc(Cl)cc(C(=O)N2CCN(C/C(N)=N/O)CC2)c1. The standard InChI is InChI=1S/C14H19ClN4O2/c1-10-6-11(8-12(15)7-10)14(20)19-4-2-18(3-5-19)9-13(16)17-21/h6-8,21H,2-5,9H2,1H3,(H2,16,17). The molecule has 1 aliphatic heterocycles. The summed E-state index contributed by atoms with van der Waals surface area (Å²) >= 11 is 6.00. The van der Waals surface area contributed by atoms with Crippen molar-refractivity contribution in [3.05, 3.63) is 34.3 Å². The third-order valence-electron chi connectivity index (χ3n) is 3.46. The third kappa shape index (κ3) is 4.09. The van der Waals surface area contributed by atoms with Gasteiger partial charge in [-0.2, -0.15) is 0 Å². The van der Waals surface area contributed by atoms with Gasteiger partial charge in [-0.1, -0.05) is 16.8 Å². The van der Waals surface area contributed by atoms with Gasteiger partial charge >= 0.3 is 0 Å². The minimum atomic E-state index is -0.0101. The van der Waals surface area contributed by atoms with Gasteiger partial charge in [0.15, 0.2) is 5.84 Å². The molecule has 1 aliphatic rings. The highest BCUT2D eigenvalue weighted by molar-refractivity contribution is 6.31. The molecule has 1 saturated heterocycles. The quantitative estimate of drug-likeness (QED) is 0.380. The summed E-state index contributed by atoms with van der Waals surface area (Å²) < 4.78 is 0. The molecule has 0 bridgehead atoms. The van der Waals surface area contributed by atoms with Gasteiger partial charge in [0.05, 0.1) is 6.54 Å². The number of amides is 1. The Morgan fingerprint density at radius 1 is 1.33 bits per heavy atom. The first kappa shape index (κ1) is 15.6. The van der Waals surface area contributed by atoms with Crippen LogP contribution in [0.1, 0.15) is 15.9 Å². The van der Waals surface area contributed by atoms with Crippen LogP contribution >= 0.6 is 11.6 Å². The molecule has 0 atom stereocenters. The number of benzene rings is 1. The van der Waals surface area contributed by atoms with Gasteiger partial charge in [-0.25, -0.2) is 0 Å². The summed E-state index contributed by atoms with van der Waals surface area (Å²) in [5.74, 6) is 0.171. The Balaban J connectivity index is 1.97. The summed E-state index contributed by atoms with van der Waals surface area (Å²) in [5.41, 5.74) is 7.07. The number of nitrogens with zero attached hydrogens (tertiary/aromatic N) is 3. The van der Waals surface area contributed by atoms with E-state index >= 15 is 0 Å². The number of amidine groups is 1. The number of carbonyl (C=O) groups excluding carboxylic acids is 1. The first-order chi connectivity index (χ1) is 9.99. The second kappa shape index (κ2) is 6.78. The van der Waals surface area contributed by atoms with Gasteiger partial charge in [0.25, 0.3) is 5.91 Å². The van der Waals surface area contributed by atoms with E-state index in [1.807, 2.05) is 24.0 Å². The molecule has 6 nitrogen and oxygen atoms in total. The van der Waals surface area contributed by atoms with Gasteiger partial charge in [-0.05, 0) is 30.7 Å². The van der Waals surface area contributed by atoms with Crippen LogP contribution in [-0.4, -0.2) is 59.5 Å². The predicted octanol–water partition coefficient (Wildman–Crippen LogP) is 1.15. The van der Waals surface area contributed by atoms with Crippen molar-refractivity contribution in [2.24, 2.45) is 10.9 Å². The van der Waals surface area contributed by atoms with Crippen molar-refractivity contribution in [2.45, 2.75) is 6.92 Å². The molecular formula is C14H19ClN4O2. The predicted molar refractivity (Wildman–Crippen MR) is 81.9 cm³/mol. The summed E-state index contributed by atoms with van der Waals surface area (Å²) in [7, 11) is 0. The van der Waals surface area contributed by atoms with E-state index < -0.39 is 0 Å². The Kier molecular flexibility index (Phi) is 5.03. The number of piperazine rings is 1. The van der Waals surface area contributed by atoms with Crippen LogP contribution in [0.25, 0.3) is 0 Å². The minimum Gasteiger partial charge on any atom is -0.409 e. The van der Waals surface area contributed by atoms with E-state index in [2.05, 4.69) is 5.16 Å². The number of aryl methyl sites for hydroxylation is 1. The molecule has 1 heterocycles. The van der Waals surface area contributed by atoms with Gasteiger partial charge in [-0.15, -0.1) is 0 Å². The lowest BCUT2D eigenvalue weighted by Crippen LogP contribution is -2.50. The molecule has 1 fully saturated rings. The zero-order valence-corrected chi connectivity index (χ0v) is 12.7. The van der Waals surface area contributed by atoms with Crippen molar-refractivity contribution in [3.63, 3.8) is 0 Å². The number of halogens is 1. The maximum absolute atomic E-state index is 12.4. The molecule has 1 aromatic rings. The molecule has 1 aromatic carbocycles. The van der Waals surface area contributed by atoms with Crippen LogP contribution in [0.4, 0.5) is 0 Å². The van der Waals surface area contributed by atoms with Crippen LogP contribution in [0.2, 0.25) is 5.02 Å². The Hall–Kier alpha value is -1.79.